The molecule has 0 N–H and O–H groups in total. The largest absolute Gasteiger partial charge is 2.00 e. The maximum Gasteiger partial charge on any atom is 2.00 e. The third-order valence-electron chi connectivity index (χ3n) is 0.901. The zero-order chi connectivity index (χ0) is 8.69. The first-order chi connectivity index (χ1) is 5.13. The van der Waals surface area contributed by atoms with Crippen LogP contribution in [-0.4, -0.2) is 23.4 Å². The fourth-order valence-electron chi connectivity index (χ4n) is 0.413. The molecule has 0 aromatic carbocycles. The number of carbonyl (C=O) groups is 2. The molecule has 0 aromatic rings. The molecule has 0 bridgehead atoms. The molecule has 0 heterocycles. The van der Waals surface area contributed by atoms with Crippen LogP contribution in [0, 0.1) is 0 Å². The molecular formula is C6H8CuO4S. The average molecular weight is 240 g/mol. The maximum absolute atomic E-state index is 9.84. The Morgan fingerprint density at radius 1 is 1.00 bits per heavy atom. The van der Waals surface area contributed by atoms with Crippen molar-refractivity contribution in [2.75, 3.05) is 11.5 Å². The van der Waals surface area contributed by atoms with Crippen molar-refractivity contribution in [3.05, 3.63) is 0 Å². The summed E-state index contributed by atoms with van der Waals surface area (Å²) in [6, 6.07) is 0. The van der Waals surface area contributed by atoms with Crippen LogP contribution in [0.3, 0.4) is 0 Å². The predicted octanol–water partition coefficient (Wildman–Crippen LogP) is -2.00. The minimum Gasteiger partial charge on any atom is -0.550 e. The molecule has 0 rings (SSSR count). The first-order valence-electron chi connectivity index (χ1n) is 3.10. The number of thioether (sulfide) groups is 1. The van der Waals surface area contributed by atoms with Gasteiger partial charge in [0.15, 0.2) is 0 Å². The second-order valence-electron chi connectivity index (χ2n) is 1.86. The summed E-state index contributed by atoms with van der Waals surface area (Å²) >= 11 is 1.27. The van der Waals surface area contributed by atoms with Crippen LogP contribution in [0.5, 0.6) is 0 Å². The molecule has 0 spiro atoms. The van der Waals surface area contributed by atoms with Crippen molar-refractivity contribution < 1.29 is 36.9 Å². The van der Waals surface area contributed by atoms with Gasteiger partial charge in [-0.25, -0.2) is 0 Å². The molecule has 0 saturated carbocycles. The van der Waals surface area contributed by atoms with E-state index in [4.69, 9.17) is 0 Å². The second kappa shape index (κ2) is 8.90. The fourth-order valence-corrected chi connectivity index (χ4v) is 1.24. The molecular weight excluding hydrogens is 232 g/mol. The number of carboxylic acid groups (broad SMARTS) is 2. The Kier molecular flexibility index (Phi) is 10.6. The normalized spacial score (nSPS) is 8.67. The van der Waals surface area contributed by atoms with Crippen molar-refractivity contribution in [2.24, 2.45) is 0 Å². The zero-order valence-electron chi connectivity index (χ0n) is 6.17. The topological polar surface area (TPSA) is 80.3 Å². The molecule has 0 unspecified atom stereocenters. The molecule has 0 aliphatic rings. The van der Waals surface area contributed by atoms with Gasteiger partial charge in [-0.3, -0.25) is 0 Å². The van der Waals surface area contributed by atoms with Crippen LogP contribution in [0.15, 0.2) is 0 Å². The summed E-state index contributed by atoms with van der Waals surface area (Å²) in [7, 11) is 0. The Balaban J connectivity index is 0. The van der Waals surface area contributed by atoms with E-state index in [-0.39, 0.29) is 29.9 Å². The van der Waals surface area contributed by atoms with Gasteiger partial charge in [-0.2, -0.15) is 11.8 Å². The van der Waals surface area contributed by atoms with Gasteiger partial charge in [0.25, 0.3) is 0 Å². The van der Waals surface area contributed by atoms with Gasteiger partial charge in [-0.05, 0) is 24.3 Å². The van der Waals surface area contributed by atoms with Crippen molar-refractivity contribution >= 4 is 23.7 Å². The standard InChI is InChI=1S/C6H10O4S.Cu/c7-5(8)1-3-11-4-2-6(9)10;/h1-4H2,(H,7,8)(H,9,10);/q;+2/p-2. The molecule has 0 fully saturated rings. The van der Waals surface area contributed by atoms with Gasteiger partial charge in [0, 0.05) is 11.9 Å². The van der Waals surface area contributed by atoms with E-state index in [1.165, 1.54) is 11.8 Å². The Labute approximate surface area is 85.2 Å². The van der Waals surface area contributed by atoms with E-state index < -0.39 is 11.9 Å². The van der Waals surface area contributed by atoms with Crippen molar-refractivity contribution in [1.82, 2.24) is 0 Å². The Hall–Kier alpha value is -0.191. The molecule has 0 atom stereocenters. The summed E-state index contributed by atoms with van der Waals surface area (Å²) in [6.45, 7) is 0. The van der Waals surface area contributed by atoms with Gasteiger partial charge in [-0.1, -0.05) is 0 Å². The second-order valence-corrected chi connectivity index (χ2v) is 3.08. The van der Waals surface area contributed by atoms with Crippen molar-refractivity contribution in [2.45, 2.75) is 12.8 Å². The third-order valence-corrected chi connectivity index (χ3v) is 1.89. The van der Waals surface area contributed by atoms with Gasteiger partial charge >= 0.3 is 17.1 Å². The Morgan fingerprint density at radius 3 is 1.58 bits per heavy atom. The molecule has 0 aliphatic carbocycles. The maximum atomic E-state index is 9.84. The van der Waals surface area contributed by atoms with Crippen LogP contribution >= 0.6 is 11.8 Å². The smallest absolute Gasteiger partial charge is 0.550 e. The van der Waals surface area contributed by atoms with Crippen molar-refractivity contribution in [3.63, 3.8) is 0 Å². The number of carboxylic acids is 2. The summed E-state index contributed by atoms with van der Waals surface area (Å²) in [5, 5.41) is 19.7. The first-order valence-corrected chi connectivity index (χ1v) is 4.26. The van der Waals surface area contributed by atoms with Gasteiger partial charge in [0.1, 0.15) is 0 Å². The minimum atomic E-state index is -1.11. The zero-order valence-corrected chi connectivity index (χ0v) is 7.93. The van der Waals surface area contributed by atoms with Crippen LogP contribution in [0.4, 0.5) is 0 Å². The summed E-state index contributed by atoms with van der Waals surface area (Å²) < 4.78 is 0. The van der Waals surface area contributed by atoms with Crippen molar-refractivity contribution in [3.8, 4) is 0 Å². The van der Waals surface area contributed by atoms with Gasteiger partial charge in [-0.15, -0.1) is 0 Å². The van der Waals surface area contributed by atoms with E-state index in [0.717, 1.165) is 0 Å². The van der Waals surface area contributed by atoms with Crippen LogP contribution in [-0.2, 0) is 26.7 Å². The minimum absolute atomic E-state index is 0. The van der Waals surface area contributed by atoms with Gasteiger partial charge in [0.2, 0.25) is 0 Å². The summed E-state index contributed by atoms with van der Waals surface area (Å²) in [5.41, 5.74) is 0. The van der Waals surface area contributed by atoms with Crippen molar-refractivity contribution in [1.29, 1.82) is 0 Å². The van der Waals surface area contributed by atoms with E-state index in [1.54, 1.807) is 0 Å². The predicted molar refractivity (Wildman–Crippen MR) is 36.6 cm³/mol. The molecule has 12 heavy (non-hydrogen) atoms. The number of carbonyl (C=O) groups excluding carboxylic acids is 2. The van der Waals surface area contributed by atoms with E-state index in [0.29, 0.717) is 11.5 Å². The number of aliphatic carboxylic acids is 2. The van der Waals surface area contributed by atoms with E-state index >= 15 is 0 Å². The molecule has 4 nitrogen and oxygen atoms in total. The van der Waals surface area contributed by atoms with Crippen LogP contribution in [0.25, 0.3) is 0 Å². The van der Waals surface area contributed by atoms with Gasteiger partial charge < -0.3 is 19.8 Å². The summed E-state index contributed by atoms with van der Waals surface area (Å²) in [5.74, 6) is -1.41. The Morgan fingerprint density at radius 2 is 1.33 bits per heavy atom. The number of hydrogen-bond acceptors (Lipinski definition) is 5. The molecule has 6 heteroatoms. The quantitative estimate of drug-likeness (QED) is 0.396. The summed E-state index contributed by atoms with van der Waals surface area (Å²) in [4.78, 5) is 19.7. The molecule has 73 valence electrons. The van der Waals surface area contributed by atoms with Crippen LogP contribution in [0.2, 0.25) is 0 Å². The van der Waals surface area contributed by atoms with Gasteiger partial charge in [0.05, 0.1) is 0 Å². The van der Waals surface area contributed by atoms with Crippen LogP contribution in [0.1, 0.15) is 12.8 Å². The van der Waals surface area contributed by atoms with E-state index in [2.05, 4.69) is 0 Å². The van der Waals surface area contributed by atoms with E-state index in [1.807, 2.05) is 0 Å². The van der Waals surface area contributed by atoms with E-state index in [9.17, 15) is 19.8 Å². The number of rotatable bonds is 6. The third kappa shape index (κ3) is 12.5. The first kappa shape index (κ1) is 14.3. The fraction of sp³-hybridized carbons (Fsp3) is 0.667. The monoisotopic (exact) mass is 239 g/mol. The molecule has 1 radical (unpaired) electrons. The molecule has 0 saturated heterocycles. The van der Waals surface area contributed by atoms with Crippen LogP contribution < -0.4 is 10.2 Å². The molecule has 0 aromatic heterocycles. The molecule has 0 aliphatic heterocycles. The SMILES string of the molecule is O=C([O-])CCSCCC(=O)[O-].[Cu+2]. The average Bonchev–Trinajstić information content (AvgIpc) is 1.85. The summed E-state index contributed by atoms with van der Waals surface area (Å²) in [6.07, 6.45) is -0.0601. The molecule has 0 amide bonds. The number of hydrogen-bond donors (Lipinski definition) is 0. The Bertz CT molecular complexity index is 134.